The van der Waals surface area contributed by atoms with Crippen LogP contribution in [0.4, 0.5) is 17.1 Å². The molecule has 10 aromatic rings. The van der Waals surface area contributed by atoms with Gasteiger partial charge in [-0.1, -0.05) is 174 Å². The Morgan fingerprint density at radius 2 is 0.900 bits per heavy atom. The molecule has 11 rings (SSSR count). The Labute approximate surface area is 353 Å². The van der Waals surface area contributed by atoms with Crippen molar-refractivity contribution in [3.63, 3.8) is 0 Å². The lowest BCUT2D eigenvalue weighted by Crippen LogP contribution is -2.17. The van der Waals surface area contributed by atoms with Gasteiger partial charge in [0, 0.05) is 22.5 Å². The van der Waals surface area contributed by atoms with Gasteiger partial charge in [-0.25, -0.2) is 0 Å². The Hall–Kier alpha value is -6.96. The molecule has 0 spiro atoms. The van der Waals surface area contributed by atoms with Crippen LogP contribution in [-0.4, -0.2) is 0 Å². The first-order chi connectivity index (χ1) is 29.1. The number of para-hydroxylation sites is 1. The Morgan fingerprint density at radius 1 is 0.367 bits per heavy atom. The topological polar surface area (TPSA) is 3.24 Å². The number of anilines is 3. The molecule has 0 amide bonds. The Bertz CT molecular complexity index is 3300. The molecule has 288 valence electrons. The van der Waals surface area contributed by atoms with E-state index in [2.05, 4.69) is 234 Å². The molecule has 0 unspecified atom stereocenters. The molecular weight excluding hydrogens is 723 g/mol. The molecule has 1 aliphatic carbocycles. The second kappa shape index (κ2) is 13.5. The van der Waals surface area contributed by atoms with E-state index < -0.39 is 0 Å². The zero-order chi connectivity index (χ0) is 40.8. The molecule has 0 N–H and O–H groups in total. The lowest BCUT2D eigenvalue weighted by Gasteiger charge is -2.29. The average molecular weight is 770 g/mol. The minimum atomic E-state index is -0.209. The summed E-state index contributed by atoms with van der Waals surface area (Å²) in [7, 11) is 0. The van der Waals surface area contributed by atoms with Gasteiger partial charge < -0.3 is 4.90 Å². The summed E-state index contributed by atoms with van der Waals surface area (Å²) >= 11 is 0. The highest BCUT2D eigenvalue weighted by molar-refractivity contribution is 6.26. The van der Waals surface area contributed by atoms with E-state index in [1.54, 1.807) is 0 Å². The molecule has 0 radical (unpaired) electrons. The summed E-state index contributed by atoms with van der Waals surface area (Å²) in [6.45, 7) is 11.6. The highest BCUT2D eigenvalue weighted by Crippen LogP contribution is 2.52. The largest absolute Gasteiger partial charge is 0.310 e. The third-order valence-electron chi connectivity index (χ3n) is 13.2. The van der Waals surface area contributed by atoms with Gasteiger partial charge in [-0.3, -0.25) is 0 Å². The van der Waals surface area contributed by atoms with Gasteiger partial charge in [-0.15, -0.1) is 0 Å². The van der Waals surface area contributed by atoms with Crippen molar-refractivity contribution in [3.8, 4) is 33.4 Å². The molecule has 1 heteroatoms. The van der Waals surface area contributed by atoms with Gasteiger partial charge in [-0.05, 0) is 153 Å². The van der Waals surface area contributed by atoms with Crippen LogP contribution in [0.1, 0.15) is 51.3 Å². The van der Waals surface area contributed by atoms with Crippen LogP contribution in [0.15, 0.2) is 194 Å². The maximum Gasteiger partial charge on any atom is 0.0465 e. The zero-order valence-electron chi connectivity index (χ0n) is 34.9. The molecule has 0 heterocycles. The predicted molar refractivity (Wildman–Crippen MR) is 258 cm³/mol. The predicted octanol–water partition coefficient (Wildman–Crippen LogP) is 16.7. The number of rotatable bonds is 5. The van der Waals surface area contributed by atoms with E-state index in [1.165, 1.54) is 98.8 Å². The van der Waals surface area contributed by atoms with Crippen LogP contribution in [0, 0.1) is 0 Å². The molecule has 0 atom stereocenters. The van der Waals surface area contributed by atoms with Gasteiger partial charge in [0.2, 0.25) is 0 Å². The first kappa shape index (κ1) is 36.1. The van der Waals surface area contributed by atoms with E-state index in [-0.39, 0.29) is 10.8 Å². The molecule has 0 fully saturated rings. The van der Waals surface area contributed by atoms with Crippen LogP contribution in [0.2, 0.25) is 0 Å². The fraction of sp³-hybridized carbons (Fsp3) is 0.119. The minimum Gasteiger partial charge on any atom is -0.310 e. The fourth-order valence-electron chi connectivity index (χ4n) is 10.1. The number of fused-ring (bicyclic) bond motifs is 9. The van der Waals surface area contributed by atoms with Crippen LogP contribution in [0.25, 0.3) is 76.5 Å². The molecule has 10 aromatic carbocycles. The summed E-state index contributed by atoms with van der Waals surface area (Å²) in [6.07, 6.45) is 0. The van der Waals surface area contributed by atoms with E-state index in [0.717, 1.165) is 11.4 Å². The van der Waals surface area contributed by atoms with Gasteiger partial charge in [-0.2, -0.15) is 0 Å². The van der Waals surface area contributed by atoms with Gasteiger partial charge in [0.15, 0.2) is 0 Å². The lowest BCUT2D eigenvalue weighted by atomic mass is 9.81. The van der Waals surface area contributed by atoms with Crippen molar-refractivity contribution in [1.82, 2.24) is 0 Å². The number of hydrogen-bond acceptors (Lipinski definition) is 1. The van der Waals surface area contributed by atoms with Crippen molar-refractivity contribution in [2.45, 2.75) is 45.4 Å². The minimum absolute atomic E-state index is 0.0896. The van der Waals surface area contributed by atoms with Gasteiger partial charge in [0.05, 0.1) is 0 Å². The normalized spacial score (nSPS) is 13.2. The van der Waals surface area contributed by atoms with E-state index >= 15 is 0 Å². The third kappa shape index (κ3) is 5.68. The molecule has 60 heavy (non-hydrogen) atoms. The van der Waals surface area contributed by atoms with Crippen molar-refractivity contribution < 1.29 is 0 Å². The van der Waals surface area contributed by atoms with Gasteiger partial charge in [0.25, 0.3) is 0 Å². The maximum atomic E-state index is 2.48. The first-order valence-electron chi connectivity index (χ1n) is 21.3. The lowest BCUT2D eigenvalue weighted by molar-refractivity contribution is 0.590. The monoisotopic (exact) mass is 769 g/mol. The summed E-state index contributed by atoms with van der Waals surface area (Å²) in [4.78, 5) is 2.40. The Balaban J connectivity index is 1.06. The summed E-state index contributed by atoms with van der Waals surface area (Å²) in [5.41, 5.74) is 15.1. The summed E-state index contributed by atoms with van der Waals surface area (Å²) in [5.74, 6) is 0. The van der Waals surface area contributed by atoms with E-state index in [9.17, 15) is 0 Å². The van der Waals surface area contributed by atoms with E-state index in [1.807, 2.05) is 0 Å². The van der Waals surface area contributed by atoms with Crippen molar-refractivity contribution in [2.24, 2.45) is 0 Å². The molecule has 0 aromatic heterocycles. The Morgan fingerprint density at radius 3 is 1.60 bits per heavy atom. The van der Waals surface area contributed by atoms with Gasteiger partial charge >= 0.3 is 0 Å². The van der Waals surface area contributed by atoms with Crippen LogP contribution >= 0.6 is 0 Å². The number of hydrogen-bond donors (Lipinski definition) is 0. The SMILES string of the molecule is CC(C)(C)c1ccc(N(c2ccccc2)c2ccc3c(c2)C(C)(C)c2cc(-c4cc5cc(-c6cccc7ccccc67)c6ccccc6c5c5ccccc45)ccc2-3)cc1. The number of benzene rings is 10. The molecule has 1 nitrogen and oxygen atoms in total. The highest BCUT2D eigenvalue weighted by Gasteiger charge is 2.36. The van der Waals surface area contributed by atoms with Crippen LogP contribution in [0.5, 0.6) is 0 Å². The highest BCUT2D eigenvalue weighted by atomic mass is 15.1. The van der Waals surface area contributed by atoms with Crippen molar-refractivity contribution in [3.05, 3.63) is 211 Å². The van der Waals surface area contributed by atoms with Crippen molar-refractivity contribution in [1.29, 1.82) is 0 Å². The second-order valence-electron chi connectivity index (χ2n) is 18.1. The fourth-order valence-corrected chi connectivity index (χ4v) is 10.1. The first-order valence-corrected chi connectivity index (χ1v) is 21.3. The molecule has 0 bridgehead atoms. The summed E-state index contributed by atoms with van der Waals surface area (Å²) in [6, 6.07) is 72.5. The molecular formula is C59H47N. The third-order valence-corrected chi connectivity index (χ3v) is 13.2. The maximum absolute atomic E-state index is 2.48. The van der Waals surface area contributed by atoms with Gasteiger partial charge in [0.1, 0.15) is 0 Å². The van der Waals surface area contributed by atoms with Crippen LogP contribution in [-0.2, 0) is 10.8 Å². The quantitative estimate of drug-likeness (QED) is 0.158. The molecule has 0 saturated heterocycles. The second-order valence-corrected chi connectivity index (χ2v) is 18.1. The van der Waals surface area contributed by atoms with Crippen LogP contribution in [0.3, 0.4) is 0 Å². The van der Waals surface area contributed by atoms with Crippen molar-refractivity contribution >= 4 is 60.2 Å². The summed E-state index contributed by atoms with van der Waals surface area (Å²) < 4.78 is 0. The standard InChI is InChI=1S/C59H47N/c1-58(2,3)41-27-29-43(30-28-41)60(42-18-7-6-8-19-42)44-31-33-50-49-32-26-39(36-55(49)59(4,5)56(50)37-44)53-34-40-35-54(46-25-15-17-38-16-9-10-20-45(38)46)48-22-12-14-24-52(48)57(40)51-23-13-11-21-47(51)53/h6-37H,1-5H3. The molecule has 0 saturated carbocycles. The molecule has 1 aliphatic rings. The van der Waals surface area contributed by atoms with Crippen LogP contribution < -0.4 is 4.90 Å². The van der Waals surface area contributed by atoms with E-state index in [0.29, 0.717) is 0 Å². The summed E-state index contributed by atoms with van der Waals surface area (Å²) in [5, 5.41) is 10.2. The van der Waals surface area contributed by atoms with E-state index in [4.69, 9.17) is 0 Å². The number of nitrogens with zero attached hydrogens (tertiary/aromatic N) is 1. The zero-order valence-corrected chi connectivity index (χ0v) is 34.9. The average Bonchev–Trinajstić information content (AvgIpc) is 3.50. The molecule has 0 aliphatic heterocycles. The van der Waals surface area contributed by atoms with Crippen molar-refractivity contribution in [2.75, 3.05) is 4.90 Å². The smallest absolute Gasteiger partial charge is 0.0465 e. The Kier molecular flexibility index (Phi) is 8.16.